The predicted octanol–water partition coefficient (Wildman–Crippen LogP) is 4.13. The van der Waals surface area contributed by atoms with Crippen LogP contribution in [0.15, 0.2) is 18.2 Å². The fourth-order valence-electron chi connectivity index (χ4n) is 2.75. The third kappa shape index (κ3) is 3.43. The molecule has 0 saturated carbocycles. The van der Waals surface area contributed by atoms with Crippen LogP contribution in [0.1, 0.15) is 39.3 Å². The number of rotatable bonds is 2. The van der Waals surface area contributed by atoms with Gasteiger partial charge in [0.15, 0.2) is 0 Å². The lowest BCUT2D eigenvalue weighted by Crippen LogP contribution is -2.61. The van der Waals surface area contributed by atoms with E-state index in [9.17, 15) is 0 Å². The van der Waals surface area contributed by atoms with Crippen molar-refractivity contribution in [2.24, 2.45) is 0 Å². The van der Waals surface area contributed by atoms with Crippen LogP contribution in [0.25, 0.3) is 0 Å². The highest BCUT2D eigenvalue weighted by molar-refractivity contribution is 6.35. The van der Waals surface area contributed by atoms with Crippen molar-refractivity contribution in [1.29, 1.82) is 0 Å². The number of benzene rings is 1. The Kier molecular flexibility index (Phi) is 4.46. The highest BCUT2D eigenvalue weighted by Gasteiger charge is 2.33. The van der Waals surface area contributed by atoms with E-state index in [4.69, 9.17) is 23.2 Å². The van der Waals surface area contributed by atoms with E-state index >= 15 is 0 Å². The van der Waals surface area contributed by atoms with Gasteiger partial charge in [-0.3, -0.25) is 4.90 Å². The normalized spacial score (nSPS) is 25.3. The molecule has 4 heteroatoms. The Labute approximate surface area is 126 Å². The van der Waals surface area contributed by atoms with Crippen LogP contribution >= 0.6 is 23.2 Å². The first kappa shape index (κ1) is 15.1. The lowest BCUT2D eigenvalue weighted by atomic mass is 9.95. The second kappa shape index (κ2) is 5.61. The van der Waals surface area contributed by atoms with E-state index in [1.54, 1.807) is 0 Å². The van der Waals surface area contributed by atoms with Crippen LogP contribution in [-0.4, -0.2) is 29.6 Å². The van der Waals surface area contributed by atoms with Gasteiger partial charge < -0.3 is 5.32 Å². The second-order valence-corrected chi connectivity index (χ2v) is 6.97. The fraction of sp³-hybridized carbons (Fsp3) is 0.600. The average Bonchev–Trinajstić information content (AvgIpc) is 2.31. The minimum Gasteiger partial charge on any atom is -0.309 e. The van der Waals surface area contributed by atoms with Crippen LogP contribution in [0.4, 0.5) is 0 Å². The molecule has 2 nitrogen and oxygen atoms in total. The summed E-state index contributed by atoms with van der Waals surface area (Å²) in [5.41, 5.74) is 1.29. The largest absolute Gasteiger partial charge is 0.309 e. The van der Waals surface area contributed by atoms with Gasteiger partial charge in [-0.2, -0.15) is 0 Å². The first-order valence-corrected chi connectivity index (χ1v) is 7.51. The van der Waals surface area contributed by atoms with Crippen molar-refractivity contribution in [3.8, 4) is 0 Å². The average molecular weight is 301 g/mol. The maximum Gasteiger partial charge on any atom is 0.0468 e. The van der Waals surface area contributed by atoms with Crippen molar-refractivity contribution in [3.63, 3.8) is 0 Å². The van der Waals surface area contributed by atoms with Gasteiger partial charge in [-0.25, -0.2) is 0 Å². The zero-order valence-corrected chi connectivity index (χ0v) is 13.5. The summed E-state index contributed by atoms with van der Waals surface area (Å²) < 4.78 is 0. The van der Waals surface area contributed by atoms with Gasteiger partial charge in [0.05, 0.1) is 0 Å². The molecule has 0 radical (unpaired) electrons. The smallest absolute Gasteiger partial charge is 0.0468 e. The van der Waals surface area contributed by atoms with Crippen LogP contribution in [0.3, 0.4) is 0 Å². The Morgan fingerprint density at radius 1 is 1.37 bits per heavy atom. The molecule has 1 N–H and O–H groups in total. The topological polar surface area (TPSA) is 15.3 Å². The summed E-state index contributed by atoms with van der Waals surface area (Å²) in [6.45, 7) is 11.0. The molecule has 1 saturated heterocycles. The third-order valence-corrected chi connectivity index (χ3v) is 4.49. The molecule has 0 aliphatic carbocycles. The number of nitrogens with one attached hydrogen (secondary N) is 1. The first-order valence-electron chi connectivity index (χ1n) is 6.76. The highest BCUT2D eigenvalue weighted by Crippen LogP contribution is 2.32. The minimum atomic E-state index is 0.139. The molecule has 0 aromatic heterocycles. The Hall–Kier alpha value is -0.280. The van der Waals surface area contributed by atoms with E-state index in [1.807, 2.05) is 18.2 Å². The second-order valence-electron chi connectivity index (χ2n) is 6.13. The summed E-state index contributed by atoms with van der Waals surface area (Å²) in [6, 6.07) is 6.57. The van der Waals surface area contributed by atoms with Gasteiger partial charge in [0.25, 0.3) is 0 Å². The number of halogens is 2. The van der Waals surface area contributed by atoms with E-state index in [-0.39, 0.29) is 5.54 Å². The number of piperazine rings is 1. The molecule has 1 aromatic carbocycles. The third-order valence-electron chi connectivity index (χ3n) is 3.93. The van der Waals surface area contributed by atoms with E-state index in [1.165, 1.54) is 0 Å². The van der Waals surface area contributed by atoms with Crippen LogP contribution in [-0.2, 0) is 0 Å². The number of nitrogens with zero attached hydrogens (tertiary/aromatic N) is 1. The van der Waals surface area contributed by atoms with E-state index < -0.39 is 0 Å². The van der Waals surface area contributed by atoms with Crippen LogP contribution in [0.5, 0.6) is 0 Å². The summed E-state index contributed by atoms with van der Waals surface area (Å²) in [5.74, 6) is 0. The zero-order valence-electron chi connectivity index (χ0n) is 12.0. The van der Waals surface area contributed by atoms with Gasteiger partial charge >= 0.3 is 0 Å². The van der Waals surface area contributed by atoms with Crippen molar-refractivity contribution in [1.82, 2.24) is 10.2 Å². The molecule has 0 spiro atoms. The summed E-state index contributed by atoms with van der Waals surface area (Å²) in [5, 5.41) is 5.02. The maximum atomic E-state index is 6.34. The molecular weight excluding hydrogens is 279 g/mol. The Morgan fingerprint density at radius 3 is 2.68 bits per heavy atom. The van der Waals surface area contributed by atoms with Gasteiger partial charge in [0.2, 0.25) is 0 Å². The zero-order chi connectivity index (χ0) is 14.2. The minimum absolute atomic E-state index is 0.139. The molecule has 19 heavy (non-hydrogen) atoms. The summed E-state index contributed by atoms with van der Waals surface area (Å²) in [4.78, 5) is 2.51. The van der Waals surface area contributed by atoms with Crippen molar-refractivity contribution < 1.29 is 0 Å². The molecule has 106 valence electrons. The summed E-state index contributed by atoms with van der Waals surface area (Å²) in [7, 11) is 0. The van der Waals surface area contributed by atoms with Crippen LogP contribution < -0.4 is 5.32 Å². The summed E-state index contributed by atoms with van der Waals surface area (Å²) >= 11 is 12.3. The van der Waals surface area contributed by atoms with Crippen LogP contribution in [0.2, 0.25) is 10.0 Å². The fourth-order valence-corrected chi connectivity index (χ4v) is 3.31. The van der Waals surface area contributed by atoms with Crippen molar-refractivity contribution in [3.05, 3.63) is 33.8 Å². The molecule has 2 atom stereocenters. The Balaban J connectivity index is 2.24. The van der Waals surface area contributed by atoms with E-state index in [2.05, 4.69) is 37.9 Å². The standard InChI is InChI=1S/C15H22Cl2N2/c1-10-8-18-15(3,4)9-19(10)11(2)13-6-5-12(16)7-14(13)17/h5-7,10-11,18H,8-9H2,1-4H3. The van der Waals surface area contributed by atoms with Gasteiger partial charge in [-0.05, 0) is 45.4 Å². The molecule has 1 heterocycles. The Bertz CT molecular complexity index is 459. The molecule has 0 amide bonds. The molecule has 2 unspecified atom stereocenters. The molecule has 1 aliphatic heterocycles. The van der Waals surface area contributed by atoms with Gasteiger partial charge in [0.1, 0.15) is 0 Å². The van der Waals surface area contributed by atoms with Crippen molar-refractivity contribution in [2.75, 3.05) is 13.1 Å². The number of hydrogen-bond donors (Lipinski definition) is 1. The molecule has 1 aliphatic rings. The van der Waals surface area contributed by atoms with Crippen LogP contribution in [0, 0.1) is 0 Å². The lowest BCUT2D eigenvalue weighted by molar-refractivity contribution is 0.0690. The molecule has 1 aromatic rings. The van der Waals surface area contributed by atoms with E-state index in [0.717, 1.165) is 23.7 Å². The Morgan fingerprint density at radius 2 is 2.05 bits per heavy atom. The summed E-state index contributed by atoms with van der Waals surface area (Å²) in [6.07, 6.45) is 0. The first-order chi connectivity index (χ1) is 8.80. The van der Waals surface area contributed by atoms with Gasteiger partial charge in [-0.1, -0.05) is 29.3 Å². The number of hydrogen-bond acceptors (Lipinski definition) is 2. The van der Waals surface area contributed by atoms with Crippen molar-refractivity contribution in [2.45, 2.75) is 45.3 Å². The lowest BCUT2D eigenvalue weighted by Gasteiger charge is -2.46. The highest BCUT2D eigenvalue weighted by atomic mass is 35.5. The molecule has 0 bridgehead atoms. The SMILES string of the molecule is CC1CNC(C)(C)CN1C(C)c1ccc(Cl)cc1Cl. The molecule has 2 rings (SSSR count). The maximum absolute atomic E-state index is 6.34. The van der Waals surface area contributed by atoms with E-state index in [0.29, 0.717) is 17.1 Å². The monoisotopic (exact) mass is 300 g/mol. The quantitative estimate of drug-likeness (QED) is 0.883. The predicted molar refractivity (Wildman–Crippen MR) is 83.1 cm³/mol. The van der Waals surface area contributed by atoms with Gasteiger partial charge in [0, 0.05) is 40.8 Å². The molecular formula is C15H22Cl2N2. The molecule has 1 fully saturated rings. The van der Waals surface area contributed by atoms with Gasteiger partial charge in [-0.15, -0.1) is 0 Å². The van der Waals surface area contributed by atoms with Crippen molar-refractivity contribution >= 4 is 23.2 Å².